The Morgan fingerprint density at radius 2 is 2.50 bits per heavy atom. The second-order valence-electron chi connectivity index (χ2n) is 3.58. The molecule has 12 heavy (non-hydrogen) atoms. The average Bonchev–Trinajstić information content (AvgIpc) is 2.05. The number of ether oxygens (including phenoxy) is 1. The molecule has 1 fully saturated rings. The van der Waals surface area contributed by atoms with E-state index >= 15 is 0 Å². The van der Waals surface area contributed by atoms with Crippen molar-refractivity contribution in [3.05, 3.63) is 12.2 Å². The van der Waals surface area contributed by atoms with Crippen molar-refractivity contribution in [1.82, 2.24) is 5.32 Å². The normalized spacial score (nSPS) is 23.9. The molecule has 1 unspecified atom stereocenters. The predicted molar refractivity (Wildman–Crippen MR) is 51.3 cm³/mol. The van der Waals surface area contributed by atoms with Gasteiger partial charge in [-0.25, -0.2) is 0 Å². The monoisotopic (exact) mass is 169 g/mol. The Morgan fingerprint density at radius 1 is 1.67 bits per heavy atom. The molecule has 0 bridgehead atoms. The van der Waals surface area contributed by atoms with Crippen LogP contribution in [-0.2, 0) is 4.74 Å². The first-order chi connectivity index (χ1) is 5.79. The predicted octanol–water partition coefficient (Wildman–Crippen LogP) is 1.72. The summed E-state index contributed by atoms with van der Waals surface area (Å²) in [5, 5.41) is 3.47. The molecule has 0 radical (unpaired) electrons. The molecule has 0 aliphatic carbocycles. The van der Waals surface area contributed by atoms with Crippen molar-refractivity contribution in [1.29, 1.82) is 0 Å². The van der Waals surface area contributed by atoms with Gasteiger partial charge in [0.25, 0.3) is 0 Å². The van der Waals surface area contributed by atoms with Crippen molar-refractivity contribution >= 4 is 0 Å². The first kappa shape index (κ1) is 9.75. The van der Waals surface area contributed by atoms with Crippen LogP contribution in [0.3, 0.4) is 0 Å². The Balaban J connectivity index is 2.01. The Kier molecular flexibility index (Phi) is 4.33. The highest BCUT2D eigenvalue weighted by atomic mass is 16.5. The summed E-state index contributed by atoms with van der Waals surface area (Å²) in [4.78, 5) is 0. The van der Waals surface area contributed by atoms with Crippen LogP contribution in [0.1, 0.15) is 26.2 Å². The van der Waals surface area contributed by atoms with Gasteiger partial charge in [0.15, 0.2) is 0 Å². The molecule has 0 spiro atoms. The van der Waals surface area contributed by atoms with Gasteiger partial charge in [0, 0.05) is 12.6 Å². The van der Waals surface area contributed by atoms with E-state index < -0.39 is 0 Å². The molecule has 1 heterocycles. The van der Waals surface area contributed by atoms with Crippen LogP contribution in [0.2, 0.25) is 0 Å². The molecule has 0 aromatic rings. The number of hydrogen-bond acceptors (Lipinski definition) is 2. The van der Waals surface area contributed by atoms with Crippen LogP contribution in [0.5, 0.6) is 0 Å². The number of hydrogen-bond donors (Lipinski definition) is 1. The van der Waals surface area contributed by atoms with E-state index in [1.165, 1.54) is 18.4 Å². The van der Waals surface area contributed by atoms with Gasteiger partial charge in [0.05, 0.1) is 6.61 Å². The van der Waals surface area contributed by atoms with Gasteiger partial charge in [0.1, 0.15) is 0 Å². The largest absolute Gasteiger partial charge is 0.380 e. The zero-order valence-corrected chi connectivity index (χ0v) is 7.94. The van der Waals surface area contributed by atoms with Gasteiger partial charge in [0.2, 0.25) is 0 Å². The molecule has 0 amide bonds. The molecule has 1 rings (SSSR count). The second-order valence-corrected chi connectivity index (χ2v) is 3.58. The zero-order valence-electron chi connectivity index (χ0n) is 7.94. The quantitative estimate of drug-likeness (QED) is 0.647. The minimum absolute atomic E-state index is 0.582. The summed E-state index contributed by atoms with van der Waals surface area (Å²) in [5.41, 5.74) is 1.25. The molecule has 0 aromatic heterocycles. The van der Waals surface area contributed by atoms with E-state index in [1.807, 2.05) is 0 Å². The van der Waals surface area contributed by atoms with Crippen LogP contribution in [0.25, 0.3) is 0 Å². The molecule has 2 nitrogen and oxygen atoms in total. The molecule has 2 heteroatoms. The molecule has 1 aliphatic heterocycles. The second kappa shape index (κ2) is 5.33. The van der Waals surface area contributed by atoms with Crippen LogP contribution >= 0.6 is 0 Å². The summed E-state index contributed by atoms with van der Waals surface area (Å²) >= 11 is 0. The Hall–Kier alpha value is -0.340. The Labute approximate surface area is 75.0 Å². The van der Waals surface area contributed by atoms with E-state index in [0.29, 0.717) is 6.04 Å². The standard InChI is InChI=1S/C10H19NO/c1-9(2)5-6-11-10-4-3-7-12-8-10/h10-11H,1,3-8H2,2H3. The first-order valence-corrected chi connectivity index (χ1v) is 4.74. The van der Waals surface area contributed by atoms with Gasteiger partial charge >= 0.3 is 0 Å². The Morgan fingerprint density at radius 3 is 3.08 bits per heavy atom. The fraction of sp³-hybridized carbons (Fsp3) is 0.800. The molecule has 1 atom stereocenters. The third-order valence-corrected chi connectivity index (χ3v) is 2.15. The van der Waals surface area contributed by atoms with Crippen molar-refractivity contribution in [3.8, 4) is 0 Å². The first-order valence-electron chi connectivity index (χ1n) is 4.74. The molecule has 0 saturated carbocycles. The van der Waals surface area contributed by atoms with Crippen LogP contribution in [-0.4, -0.2) is 25.8 Å². The van der Waals surface area contributed by atoms with E-state index in [2.05, 4.69) is 18.8 Å². The van der Waals surface area contributed by atoms with Crippen LogP contribution in [0.4, 0.5) is 0 Å². The summed E-state index contributed by atoms with van der Waals surface area (Å²) in [6.45, 7) is 8.81. The molecule has 1 aliphatic rings. The molecule has 0 aromatic carbocycles. The summed E-state index contributed by atoms with van der Waals surface area (Å²) in [7, 11) is 0. The smallest absolute Gasteiger partial charge is 0.0619 e. The highest BCUT2D eigenvalue weighted by Gasteiger charge is 2.11. The van der Waals surface area contributed by atoms with Crippen LogP contribution in [0.15, 0.2) is 12.2 Å². The molecule has 1 saturated heterocycles. The Bertz CT molecular complexity index is 139. The number of rotatable bonds is 4. The van der Waals surface area contributed by atoms with E-state index in [4.69, 9.17) is 4.74 Å². The summed E-state index contributed by atoms with van der Waals surface area (Å²) in [5.74, 6) is 0. The van der Waals surface area contributed by atoms with Crippen molar-refractivity contribution in [2.24, 2.45) is 0 Å². The van der Waals surface area contributed by atoms with E-state index in [-0.39, 0.29) is 0 Å². The van der Waals surface area contributed by atoms with Crippen molar-refractivity contribution < 1.29 is 4.74 Å². The third-order valence-electron chi connectivity index (χ3n) is 2.15. The van der Waals surface area contributed by atoms with Gasteiger partial charge < -0.3 is 10.1 Å². The van der Waals surface area contributed by atoms with E-state index in [1.54, 1.807) is 0 Å². The van der Waals surface area contributed by atoms with Gasteiger partial charge in [-0.3, -0.25) is 0 Å². The fourth-order valence-corrected chi connectivity index (χ4v) is 1.39. The topological polar surface area (TPSA) is 21.3 Å². The van der Waals surface area contributed by atoms with Gasteiger partial charge in [-0.2, -0.15) is 0 Å². The van der Waals surface area contributed by atoms with E-state index in [0.717, 1.165) is 26.2 Å². The lowest BCUT2D eigenvalue weighted by molar-refractivity contribution is 0.0707. The van der Waals surface area contributed by atoms with Gasteiger partial charge in [-0.05, 0) is 32.7 Å². The SMILES string of the molecule is C=C(C)CCNC1CCCOC1. The average molecular weight is 169 g/mol. The zero-order chi connectivity index (χ0) is 8.81. The maximum atomic E-state index is 5.35. The summed E-state index contributed by atoms with van der Waals surface area (Å²) < 4.78 is 5.35. The number of nitrogens with one attached hydrogen (secondary N) is 1. The maximum absolute atomic E-state index is 5.35. The highest BCUT2D eigenvalue weighted by molar-refractivity contribution is 4.88. The molecular formula is C10H19NO. The lowest BCUT2D eigenvalue weighted by Gasteiger charge is -2.23. The van der Waals surface area contributed by atoms with Crippen molar-refractivity contribution in [2.45, 2.75) is 32.2 Å². The summed E-state index contributed by atoms with van der Waals surface area (Å²) in [6, 6.07) is 0.582. The van der Waals surface area contributed by atoms with Gasteiger partial charge in [-0.1, -0.05) is 5.57 Å². The molecular weight excluding hydrogens is 150 g/mol. The van der Waals surface area contributed by atoms with Crippen molar-refractivity contribution in [2.75, 3.05) is 19.8 Å². The minimum atomic E-state index is 0.582. The fourth-order valence-electron chi connectivity index (χ4n) is 1.39. The third kappa shape index (κ3) is 3.88. The molecule has 70 valence electrons. The maximum Gasteiger partial charge on any atom is 0.0619 e. The van der Waals surface area contributed by atoms with E-state index in [9.17, 15) is 0 Å². The minimum Gasteiger partial charge on any atom is -0.380 e. The lowest BCUT2D eigenvalue weighted by atomic mass is 10.1. The molecule has 1 N–H and O–H groups in total. The van der Waals surface area contributed by atoms with Crippen LogP contribution in [0, 0.1) is 0 Å². The van der Waals surface area contributed by atoms with Crippen LogP contribution < -0.4 is 5.32 Å². The highest BCUT2D eigenvalue weighted by Crippen LogP contribution is 2.05. The summed E-state index contributed by atoms with van der Waals surface area (Å²) in [6.07, 6.45) is 3.54. The van der Waals surface area contributed by atoms with Crippen molar-refractivity contribution in [3.63, 3.8) is 0 Å². The van der Waals surface area contributed by atoms with Gasteiger partial charge in [-0.15, -0.1) is 6.58 Å². The lowest BCUT2D eigenvalue weighted by Crippen LogP contribution is -2.37.